The van der Waals surface area contributed by atoms with Crippen molar-refractivity contribution >= 4 is 16.7 Å². The van der Waals surface area contributed by atoms with E-state index in [2.05, 4.69) is 59.7 Å². The Kier molecular flexibility index (Phi) is 7.11. The lowest BCUT2D eigenvalue weighted by Crippen LogP contribution is -2.49. The van der Waals surface area contributed by atoms with Gasteiger partial charge in [-0.25, -0.2) is 9.97 Å². The quantitative estimate of drug-likeness (QED) is 0.750. The van der Waals surface area contributed by atoms with E-state index in [-0.39, 0.29) is 11.2 Å². The van der Waals surface area contributed by atoms with E-state index in [4.69, 9.17) is 4.74 Å². The molecule has 1 fully saturated rings. The van der Waals surface area contributed by atoms with Crippen molar-refractivity contribution in [1.29, 1.82) is 5.26 Å². The van der Waals surface area contributed by atoms with Crippen LogP contribution < -0.4 is 10.1 Å². The maximum atomic E-state index is 9.26. The highest BCUT2D eigenvalue weighted by Gasteiger charge is 2.18. The minimum atomic E-state index is 0.0950. The van der Waals surface area contributed by atoms with E-state index in [1.807, 2.05) is 24.3 Å². The van der Waals surface area contributed by atoms with Crippen LogP contribution >= 0.6 is 0 Å². The monoisotopic (exact) mass is 410 g/mol. The normalized spacial score (nSPS) is 16.0. The van der Waals surface area contributed by atoms with Crippen LogP contribution in [-0.4, -0.2) is 71.7 Å². The topological polar surface area (TPSA) is 77.3 Å². The highest BCUT2D eigenvalue weighted by atomic mass is 16.5. The van der Waals surface area contributed by atoms with Crippen molar-refractivity contribution in [3.05, 3.63) is 24.0 Å². The Morgan fingerprint density at radius 3 is 2.53 bits per heavy atom. The van der Waals surface area contributed by atoms with Crippen LogP contribution in [0.3, 0.4) is 0 Å². The minimum Gasteiger partial charge on any atom is -0.492 e. The van der Waals surface area contributed by atoms with Crippen LogP contribution in [0.25, 0.3) is 10.9 Å². The van der Waals surface area contributed by atoms with Crippen LogP contribution in [0.1, 0.15) is 40.4 Å². The Balaban J connectivity index is 1.65. The molecule has 1 aliphatic heterocycles. The first kappa shape index (κ1) is 22.3. The average Bonchev–Trinajstić information content (AvgIpc) is 2.71. The average molecular weight is 411 g/mol. The van der Waals surface area contributed by atoms with E-state index >= 15 is 0 Å². The molecule has 7 heteroatoms. The number of anilines is 1. The summed E-state index contributed by atoms with van der Waals surface area (Å²) in [4.78, 5) is 13.7. The van der Waals surface area contributed by atoms with Crippen LogP contribution in [0.5, 0.6) is 5.75 Å². The second-order valence-electron chi connectivity index (χ2n) is 9.42. The SMILES string of the molecule is CC(C)N1CCN(CCOc2ccc3nc(C#N)nc(NCC(C)(C)C)c3c2)CC1. The standard InChI is InChI=1S/C23H34N6O/c1-17(2)29-10-8-28(9-11-29)12-13-30-18-6-7-20-19(14-18)22(25-16-23(3,4)5)27-21(15-24)26-20/h6-7,14,17H,8-13,16H2,1-5H3,(H,25,26,27). The Hall–Kier alpha value is -2.43. The molecular weight excluding hydrogens is 376 g/mol. The lowest BCUT2D eigenvalue weighted by atomic mass is 9.97. The van der Waals surface area contributed by atoms with Gasteiger partial charge in [0.05, 0.1) is 5.52 Å². The second-order valence-corrected chi connectivity index (χ2v) is 9.42. The lowest BCUT2D eigenvalue weighted by molar-refractivity contribution is 0.0971. The molecule has 30 heavy (non-hydrogen) atoms. The van der Waals surface area contributed by atoms with Crippen LogP contribution in [0.4, 0.5) is 5.82 Å². The summed E-state index contributed by atoms with van der Waals surface area (Å²) in [5, 5.41) is 13.5. The largest absolute Gasteiger partial charge is 0.492 e. The summed E-state index contributed by atoms with van der Waals surface area (Å²) in [6, 6.07) is 8.45. The highest BCUT2D eigenvalue weighted by Crippen LogP contribution is 2.26. The molecule has 1 aromatic carbocycles. The summed E-state index contributed by atoms with van der Waals surface area (Å²) < 4.78 is 6.04. The van der Waals surface area contributed by atoms with Crippen LogP contribution in [0, 0.1) is 16.7 Å². The van der Waals surface area contributed by atoms with Gasteiger partial charge in [-0.05, 0) is 37.5 Å². The molecule has 0 saturated carbocycles. The summed E-state index contributed by atoms with van der Waals surface area (Å²) in [5.74, 6) is 1.66. The third kappa shape index (κ3) is 6.04. The third-order valence-corrected chi connectivity index (χ3v) is 5.37. The lowest BCUT2D eigenvalue weighted by Gasteiger charge is -2.36. The molecule has 1 aliphatic rings. The predicted molar refractivity (Wildman–Crippen MR) is 121 cm³/mol. The minimum absolute atomic E-state index is 0.0950. The Labute approximate surface area is 180 Å². The number of nitrogens with zero attached hydrogens (tertiary/aromatic N) is 5. The van der Waals surface area contributed by atoms with Crippen molar-refractivity contribution < 1.29 is 4.74 Å². The number of rotatable bonds is 7. The maximum absolute atomic E-state index is 9.26. The Morgan fingerprint density at radius 2 is 1.90 bits per heavy atom. The summed E-state index contributed by atoms with van der Waals surface area (Å²) in [7, 11) is 0. The van der Waals surface area contributed by atoms with E-state index < -0.39 is 0 Å². The van der Waals surface area contributed by atoms with Gasteiger partial charge in [-0.1, -0.05) is 20.8 Å². The van der Waals surface area contributed by atoms with Crippen LogP contribution in [-0.2, 0) is 0 Å². The van der Waals surface area contributed by atoms with E-state index in [0.29, 0.717) is 18.5 Å². The van der Waals surface area contributed by atoms with Crippen LogP contribution in [0.15, 0.2) is 18.2 Å². The molecule has 1 N–H and O–H groups in total. The van der Waals surface area contributed by atoms with Crippen molar-refractivity contribution in [2.75, 3.05) is 51.2 Å². The predicted octanol–water partition coefficient (Wildman–Crippen LogP) is 3.36. The fourth-order valence-corrected chi connectivity index (χ4v) is 3.53. The first-order chi connectivity index (χ1) is 14.2. The number of hydrogen-bond acceptors (Lipinski definition) is 7. The molecule has 0 amide bonds. The molecular formula is C23H34N6O. The third-order valence-electron chi connectivity index (χ3n) is 5.37. The molecule has 2 heterocycles. The number of benzene rings is 1. The number of ether oxygens (including phenoxy) is 1. The van der Waals surface area contributed by atoms with E-state index in [1.165, 1.54) is 0 Å². The molecule has 162 valence electrons. The zero-order chi connectivity index (χ0) is 21.7. The van der Waals surface area contributed by atoms with Gasteiger partial charge in [0, 0.05) is 50.7 Å². The molecule has 0 radical (unpaired) electrons. The smallest absolute Gasteiger partial charge is 0.234 e. The van der Waals surface area contributed by atoms with Gasteiger partial charge in [-0.15, -0.1) is 0 Å². The summed E-state index contributed by atoms with van der Waals surface area (Å²) >= 11 is 0. The molecule has 3 rings (SSSR count). The van der Waals surface area contributed by atoms with Crippen LogP contribution in [0.2, 0.25) is 0 Å². The fraction of sp³-hybridized carbons (Fsp3) is 0.609. The number of fused-ring (bicyclic) bond motifs is 1. The fourth-order valence-electron chi connectivity index (χ4n) is 3.53. The number of nitriles is 1. The molecule has 2 aromatic rings. The molecule has 0 bridgehead atoms. The molecule has 7 nitrogen and oxygen atoms in total. The molecule has 0 aliphatic carbocycles. The maximum Gasteiger partial charge on any atom is 0.234 e. The van der Waals surface area contributed by atoms with Gasteiger partial charge in [0.25, 0.3) is 0 Å². The summed E-state index contributed by atoms with van der Waals surface area (Å²) in [5.41, 5.74) is 0.840. The Bertz CT molecular complexity index is 891. The molecule has 1 aromatic heterocycles. The number of nitrogens with one attached hydrogen (secondary N) is 1. The van der Waals surface area contributed by atoms with E-state index in [0.717, 1.165) is 55.9 Å². The van der Waals surface area contributed by atoms with E-state index in [1.54, 1.807) is 0 Å². The number of hydrogen-bond donors (Lipinski definition) is 1. The van der Waals surface area contributed by atoms with E-state index in [9.17, 15) is 5.26 Å². The van der Waals surface area contributed by atoms with Gasteiger partial charge in [0.2, 0.25) is 5.82 Å². The van der Waals surface area contributed by atoms with Crippen molar-refractivity contribution in [3.8, 4) is 11.8 Å². The summed E-state index contributed by atoms with van der Waals surface area (Å²) in [6.45, 7) is 17.7. The van der Waals surface area contributed by atoms with Gasteiger partial charge < -0.3 is 10.1 Å². The van der Waals surface area contributed by atoms with Gasteiger partial charge in [-0.3, -0.25) is 9.80 Å². The first-order valence-corrected chi connectivity index (χ1v) is 10.8. The first-order valence-electron chi connectivity index (χ1n) is 10.8. The zero-order valence-electron chi connectivity index (χ0n) is 18.9. The number of aromatic nitrogens is 2. The molecule has 0 unspecified atom stereocenters. The zero-order valence-corrected chi connectivity index (χ0v) is 18.9. The highest BCUT2D eigenvalue weighted by molar-refractivity contribution is 5.90. The van der Waals surface area contributed by atoms with Crippen molar-refractivity contribution in [2.45, 2.75) is 40.7 Å². The summed E-state index contributed by atoms with van der Waals surface area (Å²) in [6.07, 6.45) is 0. The second kappa shape index (κ2) is 9.59. The van der Waals surface area contributed by atoms with Crippen molar-refractivity contribution in [2.24, 2.45) is 5.41 Å². The van der Waals surface area contributed by atoms with Crippen molar-refractivity contribution in [1.82, 2.24) is 19.8 Å². The van der Waals surface area contributed by atoms with Gasteiger partial charge in [0.15, 0.2) is 0 Å². The van der Waals surface area contributed by atoms with Gasteiger partial charge in [-0.2, -0.15) is 5.26 Å². The van der Waals surface area contributed by atoms with Gasteiger partial charge in [0.1, 0.15) is 24.2 Å². The molecule has 0 spiro atoms. The Morgan fingerprint density at radius 1 is 1.17 bits per heavy atom. The number of piperazine rings is 1. The van der Waals surface area contributed by atoms with Crippen molar-refractivity contribution in [3.63, 3.8) is 0 Å². The molecule has 1 saturated heterocycles. The van der Waals surface area contributed by atoms with Gasteiger partial charge >= 0.3 is 0 Å². The molecule has 0 atom stereocenters.